The van der Waals surface area contributed by atoms with Crippen molar-refractivity contribution in [3.05, 3.63) is 36.2 Å². The molecule has 0 aromatic carbocycles. The van der Waals surface area contributed by atoms with Crippen LogP contribution in [0.5, 0.6) is 0 Å². The van der Waals surface area contributed by atoms with Gasteiger partial charge in [0.15, 0.2) is 11.7 Å². The van der Waals surface area contributed by atoms with E-state index >= 15 is 0 Å². The summed E-state index contributed by atoms with van der Waals surface area (Å²) in [7, 11) is 0. The normalized spacial score (nSPS) is 20.8. The van der Waals surface area contributed by atoms with Crippen molar-refractivity contribution in [1.82, 2.24) is 24.9 Å². The van der Waals surface area contributed by atoms with Gasteiger partial charge >= 0.3 is 0 Å². The van der Waals surface area contributed by atoms with Crippen molar-refractivity contribution < 1.29 is 4.52 Å². The quantitative estimate of drug-likeness (QED) is 0.578. The van der Waals surface area contributed by atoms with E-state index in [0.717, 1.165) is 56.3 Å². The Morgan fingerprint density at radius 3 is 2.86 bits per heavy atom. The largest absolute Gasteiger partial charge is 0.359 e. The Kier molecular flexibility index (Phi) is 7.12. The lowest BCUT2D eigenvalue weighted by Gasteiger charge is -2.39. The third-order valence-electron chi connectivity index (χ3n) is 5.83. The van der Waals surface area contributed by atoms with Gasteiger partial charge < -0.3 is 19.3 Å². The van der Waals surface area contributed by atoms with E-state index in [0.29, 0.717) is 24.4 Å². The summed E-state index contributed by atoms with van der Waals surface area (Å²) in [5, 5.41) is 7.71. The number of aliphatic imine (C=N–C) groups is 1. The lowest BCUT2D eigenvalue weighted by molar-refractivity contribution is 0.189. The second-order valence-corrected chi connectivity index (χ2v) is 7.69. The number of aromatic nitrogens is 3. The zero-order valence-corrected chi connectivity index (χ0v) is 17.6. The van der Waals surface area contributed by atoms with Gasteiger partial charge in [0.25, 0.3) is 0 Å². The van der Waals surface area contributed by atoms with Crippen LogP contribution in [0.1, 0.15) is 70.4 Å². The molecule has 3 heterocycles. The first-order valence-electron chi connectivity index (χ1n) is 10.6. The molecule has 28 heavy (non-hydrogen) atoms. The van der Waals surface area contributed by atoms with Gasteiger partial charge in [0.05, 0.1) is 18.1 Å². The molecule has 1 N–H and O–H groups in total. The first kappa shape index (κ1) is 20.4. The number of nitrogens with one attached hydrogen (secondary N) is 1. The molecule has 2 atom stereocenters. The number of hydrogen-bond acceptors (Lipinski definition) is 4. The number of piperidine rings is 1. The van der Waals surface area contributed by atoms with E-state index in [1.807, 2.05) is 12.5 Å². The Morgan fingerprint density at radius 2 is 2.18 bits per heavy atom. The van der Waals surface area contributed by atoms with Crippen LogP contribution in [0.15, 0.2) is 34.3 Å². The molecule has 1 fully saturated rings. The number of rotatable bonds is 7. The molecule has 1 aliphatic heterocycles. The van der Waals surface area contributed by atoms with E-state index < -0.39 is 0 Å². The van der Waals surface area contributed by atoms with E-state index in [1.165, 1.54) is 0 Å². The Labute approximate surface area is 168 Å². The van der Waals surface area contributed by atoms with Gasteiger partial charge in [-0.1, -0.05) is 25.9 Å². The zero-order valence-electron chi connectivity index (χ0n) is 17.6. The Balaban J connectivity index is 1.70. The summed E-state index contributed by atoms with van der Waals surface area (Å²) in [5.74, 6) is 2.85. The Morgan fingerprint density at radius 1 is 1.36 bits per heavy atom. The van der Waals surface area contributed by atoms with Crippen LogP contribution in [0.4, 0.5) is 0 Å². The molecule has 7 nitrogen and oxygen atoms in total. The summed E-state index contributed by atoms with van der Waals surface area (Å²) >= 11 is 0. The van der Waals surface area contributed by atoms with Crippen LogP contribution in [-0.4, -0.2) is 45.2 Å². The molecule has 7 heteroatoms. The van der Waals surface area contributed by atoms with E-state index in [9.17, 15) is 0 Å². The fraction of sp³-hybridized carbons (Fsp3) is 0.667. The maximum absolute atomic E-state index is 5.55. The second-order valence-electron chi connectivity index (χ2n) is 7.69. The van der Waals surface area contributed by atoms with Crippen LogP contribution in [0.3, 0.4) is 0 Å². The average molecular weight is 387 g/mol. The summed E-state index contributed by atoms with van der Waals surface area (Å²) in [5.41, 5.74) is 1.05. The molecule has 2 aromatic heterocycles. The lowest BCUT2D eigenvalue weighted by atomic mass is 9.93. The zero-order chi connectivity index (χ0) is 19.9. The average Bonchev–Trinajstić information content (AvgIpc) is 3.39. The summed E-state index contributed by atoms with van der Waals surface area (Å²) in [6, 6.07) is 2.48. The molecule has 0 aliphatic carbocycles. The fourth-order valence-electron chi connectivity index (χ4n) is 3.98. The van der Waals surface area contributed by atoms with Gasteiger partial charge in [-0.05, 0) is 32.1 Å². The van der Waals surface area contributed by atoms with Gasteiger partial charge in [0, 0.05) is 44.0 Å². The highest BCUT2D eigenvalue weighted by Crippen LogP contribution is 2.27. The van der Waals surface area contributed by atoms with Crippen molar-refractivity contribution in [2.75, 3.05) is 19.6 Å². The predicted molar refractivity (Wildman–Crippen MR) is 111 cm³/mol. The third kappa shape index (κ3) is 4.75. The van der Waals surface area contributed by atoms with Crippen LogP contribution < -0.4 is 5.32 Å². The molecule has 2 unspecified atom stereocenters. The van der Waals surface area contributed by atoms with E-state index in [4.69, 9.17) is 9.52 Å². The molecule has 1 aliphatic rings. The number of nitrogens with zero attached hydrogens (tertiary/aromatic N) is 5. The van der Waals surface area contributed by atoms with Crippen molar-refractivity contribution in [3.8, 4) is 0 Å². The SMILES string of the molecule is CCNC(=NCc1cc(C(CC)CC)no1)N1CCC(C)C(n2ccnc2)C1. The molecule has 2 aromatic rings. The van der Waals surface area contributed by atoms with Crippen LogP contribution >= 0.6 is 0 Å². The monoisotopic (exact) mass is 386 g/mol. The Bertz CT molecular complexity index is 734. The van der Waals surface area contributed by atoms with Crippen LogP contribution in [0, 0.1) is 5.92 Å². The molecule has 0 spiro atoms. The van der Waals surface area contributed by atoms with Crippen LogP contribution in [-0.2, 0) is 6.54 Å². The lowest BCUT2D eigenvalue weighted by Crippen LogP contribution is -2.49. The molecule has 0 bridgehead atoms. The fourth-order valence-corrected chi connectivity index (χ4v) is 3.98. The van der Waals surface area contributed by atoms with Gasteiger partial charge in [-0.3, -0.25) is 0 Å². The smallest absolute Gasteiger partial charge is 0.194 e. The first-order valence-corrected chi connectivity index (χ1v) is 10.6. The van der Waals surface area contributed by atoms with Crippen LogP contribution in [0.25, 0.3) is 0 Å². The minimum Gasteiger partial charge on any atom is -0.359 e. The van der Waals surface area contributed by atoms with E-state index in [1.54, 1.807) is 0 Å². The summed E-state index contributed by atoms with van der Waals surface area (Å²) in [6.45, 7) is 12.1. The second kappa shape index (κ2) is 9.75. The summed E-state index contributed by atoms with van der Waals surface area (Å²) < 4.78 is 7.77. The number of likely N-dealkylation sites (tertiary alicyclic amines) is 1. The third-order valence-corrected chi connectivity index (χ3v) is 5.83. The van der Waals surface area contributed by atoms with Crippen molar-refractivity contribution >= 4 is 5.96 Å². The van der Waals surface area contributed by atoms with E-state index in [2.05, 4.69) is 64.9 Å². The molecule has 154 valence electrons. The molecule has 3 rings (SSSR count). The highest BCUT2D eigenvalue weighted by Gasteiger charge is 2.29. The number of imidazole rings is 1. The molecule has 0 amide bonds. The standard InChI is InChI=1S/C21H34N6O/c1-5-17(6-2)19-12-18(28-25-19)13-24-21(23-7-3)26-10-8-16(4)20(14-26)27-11-9-22-15-27/h9,11-12,15-17,20H,5-8,10,13-14H2,1-4H3,(H,23,24). The van der Waals surface area contributed by atoms with Crippen molar-refractivity contribution in [2.45, 2.75) is 65.5 Å². The van der Waals surface area contributed by atoms with Crippen molar-refractivity contribution in [2.24, 2.45) is 10.9 Å². The van der Waals surface area contributed by atoms with Crippen molar-refractivity contribution in [3.63, 3.8) is 0 Å². The number of guanidine groups is 1. The molecular weight excluding hydrogens is 352 g/mol. The van der Waals surface area contributed by atoms with Gasteiger partial charge in [-0.15, -0.1) is 0 Å². The van der Waals surface area contributed by atoms with Crippen molar-refractivity contribution in [1.29, 1.82) is 0 Å². The van der Waals surface area contributed by atoms with E-state index in [-0.39, 0.29) is 0 Å². The predicted octanol–water partition coefficient (Wildman–Crippen LogP) is 3.82. The topological polar surface area (TPSA) is 71.5 Å². The van der Waals surface area contributed by atoms with Gasteiger partial charge in [-0.25, -0.2) is 9.98 Å². The summed E-state index contributed by atoms with van der Waals surface area (Å²) in [6.07, 6.45) is 9.12. The maximum Gasteiger partial charge on any atom is 0.194 e. The highest BCUT2D eigenvalue weighted by molar-refractivity contribution is 5.80. The molecule has 1 saturated heterocycles. The maximum atomic E-state index is 5.55. The van der Waals surface area contributed by atoms with Gasteiger partial charge in [0.2, 0.25) is 0 Å². The summed E-state index contributed by atoms with van der Waals surface area (Å²) in [4.78, 5) is 11.4. The van der Waals surface area contributed by atoms with Gasteiger partial charge in [-0.2, -0.15) is 0 Å². The minimum absolute atomic E-state index is 0.409. The first-order chi connectivity index (χ1) is 13.7. The minimum atomic E-state index is 0.409. The molecule has 0 saturated carbocycles. The molecular formula is C21H34N6O. The highest BCUT2D eigenvalue weighted by atomic mass is 16.5. The number of hydrogen-bond donors (Lipinski definition) is 1. The molecule has 0 radical (unpaired) electrons. The Hall–Kier alpha value is -2.31. The van der Waals surface area contributed by atoms with Gasteiger partial charge in [0.1, 0.15) is 6.54 Å². The van der Waals surface area contributed by atoms with Crippen LogP contribution in [0.2, 0.25) is 0 Å².